The van der Waals surface area contributed by atoms with Crippen molar-refractivity contribution >= 4 is 5.91 Å². The lowest BCUT2D eigenvalue weighted by Crippen LogP contribution is -2.49. The second-order valence-corrected chi connectivity index (χ2v) is 6.23. The molecule has 1 aliphatic rings. The Kier molecular flexibility index (Phi) is 5.56. The maximum atomic E-state index is 12.5. The summed E-state index contributed by atoms with van der Waals surface area (Å²) in [5.41, 5.74) is 2.25. The molecule has 0 aliphatic carbocycles. The lowest BCUT2D eigenvalue weighted by molar-refractivity contribution is -0.136. The Balaban J connectivity index is 1.61. The molecule has 25 heavy (non-hydrogen) atoms. The number of ether oxygens (including phenoxy) is 2. The molecule has 1 heterocycles. The summed E-state index contributed by atoms with van der Waals surface area (Å²) >= 11 is 0. The fraction of sp³-hybridized carbons (Fsp3) is 0.350. The Morgan fingerprint density at radius 1 is 0.880 bits per heavy atom. The number of hydrogen-bond donors (Lipinski definition) is 0. The van der Waals surface area contributed by atoms with Crippen LogP contribution < -0.4 is 9.47 Å². The zero-order chi connectivity index (χ0) is 17.6. The highest BCUT2D eigenvalue weighted by Gasteiger charge is 2.24. The summed E-state index contributed by atoms with van der Waals surface area (Å²) in [6.45, 7) is 3.43. The first-order valence-corrected chi connectivity index (χ1v) is 8.44. The van der Waals surface area contributed by atoms with Crippen molar-refractivity contribution in [1.82, 2.24) is 9.80 Å². The summed E-state index contributed by atoms with van der Waals surface area (Å²) in [7, 11) is 3.29. The van der Waals surface area contributed by atoms with Crippen molar-refractivity contribution in [2.45, 2.75) is 13.1 Å². The number of benzene rings is 2. The molecule has 2 aromatic carbocycles. The van der Waals surface area contributed by atoms with Crippen molar-refractivity contribution in [1.29, 1.82) is 0 Å². The molecule has 1 aliphatic heterocycles. The van der Waals surface area contributed by atoms with E-state index in [4.69, 9.17) is 9.47 Å². The largest absolute Gasteiger partial charge is 0.497 e. The summed E-state index contributed by atoms with van der Waals surface area (Å²) in [6.07, 6.45) is 0. The minimum atomic E-state index is 0.171. The van der Waals surface area contributed by atoms with Gasteiger partial charge in [0.05, 0.1) is 20.8 Å². The van der Waals surface area contributed by atoms with Gasteiger partial charge in [-0.2, -0.15) is 0 Å². The molecule has 0 radical (unpaired) electrons. The van der Waals surface area contributed by atoms with E-state index < -0.39 is 0 Å². The average Bonchev–Trinajstić information content (AvgIpc) is 2.64. The lowest BCUT2D eigenvalue weighted by atomic mass is 10.1. The number of carbonyl (C=O) groups is 1. The van der Waals surface area contributed by atoms with Gasteiger partial charge in [0.2, 0.25) is 5.91 Å². The highest BCUT2D eigenvalue weighted by atomic mass is 16.5. The minimum Gasteiger partial charge on any atom is -0.497 e. The smallest absolute Gasteiger partial charge is 0.237 e. The molecule has 0 N–H and O–H groups in total. The highest BCUT2D eigenvalue weighted by Crippen LogP contribution is 2.24. The maximum Gasteiger partial charge on any atom is 0.237 e. The molecule has 1 fully saturated rings. The van der Waals surface area contributed by atoms with Crippen LogP contribution in [0.15, 0.2) is 48.5 Å². The van der Waals surface area contributed by atoms with Gasteiger partial charge < -0.3 is 14.4 Å². The van der Waals surface area contributed by atoms with Crippen molar-refractivity contribution < 1.29 is 14.3 Å². The van der Waals surface area contributed by atoms with Gasteiger partial charge >= 0.3 is 0 Å². The van der Waals surface area contributed by atoms with Crippen LogP contribution in [0, 0.1) is 0 Å². The number of rotatable bonds is 6. The van der Waals surface area contributed by atoms with Gasteiger partial charge in [-0.05, 0) is 23.3 Å². The predicted octanol–water partition coefficient (Wildman–Crippen LogP) is 2.55. The molecule has 1 saturated heterocycles. The Labute approximate surface area is 148 Å². The average molecular weight is 340 g/mol. The van der Waals surface area contributed by atoms with E-state index in [0.29, 0.717) is 19.6 Å². The molecule has 0 atom stereocenters. The molecule has 0 bridgehead atoms. The topological polar surface area (TPSA) is 42.0 Å². The second kappa shape index (κ2) is 8.03. The first-order chi connectivity index (χ1) is 12.2. The van der Waals surface area contributed by atoms with Crippen molar-refractivity contribution in [2.24, 2.45) is 0 Å². The van der Waals surface area contributed by atoms with Gasteiger partial charge in [-0.25, -0.2) is 0 Å². The van der Waals surface area contributed by atoms with Crippen LogP contribution in [0.4, 0.5) is 0 Å². The van der Waals surface area contributed by atoms with Gasteiger partial charge in [0.1, 0.15) is 11.5 Å². The van der Waals surface area contributed by atoms with Gasteiger partial charge in [0, 0.05) is 32.2 Å². The van der Waals surface area contributed by atoms with E-state index in [1.165, 1.54) is 5.56 Å². The first kappa shape index (κ1) is 17.3. The molecule has 5 heteroatoms. The normalized spacial score (nSPS) is 15.3. The molecule has 132 valence electrons. The third-order valence-electron chi connectivity index (χ3n) is 4.43. The van der Waals surface area contributed by atoms with Gasteiger partial charge in [-0.15, -0.1) is 0 Å². The summed E-state index contributed by atoms with van der Waals surface area (Å²) in [4.78, 5) is 16.6. The SMILES string of the molecule is COc1cc(CN2CCN(Cc3ccccc3)C(=O)C2)cc(OC)c1. The number of hydrogen-bond acceptors (Lipinski definition) is 4. The van der Waals surface area contributed by atoms with Crippen LogP contribution in [0.3, 0.4) is 0 Å². The number of piperazine rings is 1. The predicted molar refractivity (Wildman–Crippen MR) is 96.7 cm³/mol. The van der Waals surface area contributed by atoms with E-state index >= 15 is 0 Å². The van der Waals surface area contributed by atoms with Crippen molar-refractivity contribution in [3.8, 4) is 11.5 Å². The van der Waals surface area contributed by atoms with Crippen LogP contribution in [0.1, 0.15) is 11.1 Å². The van der Waals surface area contributed by atoms with Crippen molar-refractivity contribution in [3.05, 3.63) is 59.7 Å². The third-order valence-corrected chi connectivity index (χ3v) is 4.43. The van der Waals surface area contributed by atoms with Crippen LogP contribution in [0.5, 0.6) is 11.5 Å². The zero-order valence-electron chi connectivity index (χ0n) is 14.8. The number of amides is 1. The Morgan fingerprint density at radius 2 is 1.56 bits per heavy atom. The molecule has 0 unspecified atom stereocenters. The van der Waals surface area contributed by atoms with E-state index in [0.717, 1.165) is 30.2 Å². The quantitative estimate of drug-likeness (QED) is 0.810. The first-order valence-electron chi connectivity index (χ1n) is 8.44. The molecular formula is C20H24N2O3. The zero-order valence-corrected chi connectivity index (χ0v) is 14.8. The standard InChI is InChI=1S/C20H24N2O3/c1-24-18-10-17(11-19(12-18)25-2)13-21-8-9-22(20(23)15-21)14-16-6-4-3-5-7-16/h3-7,10-12H,8-9,13-15H2,1-2H3. The van der Waals surface area contributed by atoms with Crippen LogP contribution in [-0.4, -0.2) is 49.6 Å². The van der Waals surface area contributed by atoms with Gasteiger partial charge in [-0.1, -0.05) is 30.3 Å². The van der Waals surface area contributed by atoms with Crippen LogP contribution in [0.25, 0.3) is 0 Å². The lowest BCUT2D eigenvalue weighted by Gasteiger charge is -2.34. The van der Waals surface area contributed by atoms with Gasteiger partial charge in [0.15, 0.2) is 0 Å². The number of nitrogens with zero attached hydrogens (tertiary/aromatic N) is 2. The molecule has 5 nitrogen and oxygen atoms in total. The van der Waals surface area contributed by atoms with E-state index in [9.17, 15) is 4.79 Å². The molecule has 2 aromatic rings. The summed E-state index contributed by atoms with van der Waals surface area (Å²) in [5.74, 6) is 1.71. The molecule has 0 spiro atoms. The molecule has 1 amide bonds. The van der Waals surface area contributed by atoms with Gasteiger partial charge in [-0.3, -0.25) is 9.69 Å². The van der Waals surface area contributed by atoms with E-state index in [1.807, 2.05) is 41.3 Å². The van der Waals surface area contributed by atoms with E-state index in [2.05, 4.69) is 17.0 Å². The van der Waals surface area contributed by atoms with Crippen LogP contribution in [-0.2, 0) is 17.9 Å². The van der Waals surface area contributed by atoms with Crippen molar-refractivity contribution in [3.63, 3.8) is 0 Å². The molecular weight excluding hydrogens is 316 g/mol. The monoisotopic (exact) mass is 340 g/mol. The summed E-state index contributed by atoms with van der Waals surface area (Å²) < 4.78 is 10.6. The Morgan fingerprint density at radius 3 is 2.16 bits per heavy atom. The maximum absolute atomic E-state index is 12.5. The molecule has 0 aromatic heterocycles. The highest BCUT2D eigenvalue weighted by molar-refractivity contribution is 5.79. The fourth-order valence-corrected chi connectivity index (χ4v) is 3.08. The fourth-order valence-electron chi connectivity index (χ4n) is 3.08. The van der Waals surface area contributed by atoms with E-state index in [1.54, 1.807) is 14.2 Å². The number of carbonyl (C=O) groups excluding carboxylic acids is 1. The summed E-state index contributed by atoms with van der Waals surface area (Å²) in [5, 5.41) is 0. The van der Waals surface area contributed by atoms with Crippen LogP contribution in [0.2, 0.25) is 0 Å². The number of methoxy groups -OCH3 is 2. The third kappa shape index (κ3) is 4.51. The van der Waals surface area contributed by atoms with Crippen molar-refractivity contribution in [2.75, 3.05) is 33.9 Å². The van der Waals surface area contributed by atoms with E-state index in [-0.39, 0.29) is 5.91 Å². The Bertz CT molecular complexity index is 696. The minimum absolute atomic E-state index is 0.171. The van der Waals surface area contributed by atoms with Crippen LogP contribution >= 0.6 is 0 Å². The second-order valence-electron chi connectivity index (χ2n) is 6.23. The Hall–Kier alpha value is -2.53. The molecule has 0 saturated carbocycles. The van der Waals surface area contributed by atoms with Gasteiger partial charge in [0.25, 0.3) is 0 Å². The summed E-state index contributed by atoms with van der Waals surface area (Å²) in [6, 6.07) is 16.0. The molecule has 3 rings (SSSR count).